The monoisotopic (exact) mass is 347 g/mol. The number of hydrogen-bond donors (Lipinski definition) is 1. The molecule has 20 heavy (non-hydrogen) atoms. The zero-order chi connectivity index (χ0) is 14.8. The van der Waals surface area contributed by atoms with Gasteiger partial charge in [-0.25, -0.2) is 4.39 Å². The van der Waals surface area contributed by atoms with Gasteiger partial charge in [0, 0.05) is 29.8 Å². The number of benzene rings is 1. The van der Waals surface area contributed by atoms with E-state index in [-0.39, 0.29) is 12.1 Å². The third-order valence-corrected chi connectivity index (χ3v) is 3.32. The minimum atomic E-state index is -0.187. The van der Waals surface area contributed by atoms with Gasteiger partial charge in [0.15, 0.2) is 6.29 Å². The maximum atomic E-state index is 13.6. The molecule has 0 heterocycles. The van der Waals surface area contributed by atoms with Gasteiger partial charge in [0.25, 0.3) is 0 Å². The first-order chi connectivity index (χ1) is 9.67. The Morgan fingerprint density at radius 2 is 1.95 bits per heavy atom. The van der Waals surface area contributed by atoms with Crippen LogP contribution in [0.25, 0.3) is 0 Å². The van der Waals surface area contributed by atoms with Gasteiger partial charge in [-0.1, -0.05) is 22.0 Å². The van der Waals surface area contributed by atoms with Gasteiger partial charge in [-0.2, -0.15) is 0 Å². The second-order valence-electron chi connectivity index (χ2n) is 4.39. The molecule has 0 bridgehead atoms. The molecule has 0 aliphatic heterocycles. The Hall–Kier alpha value is -0.490. The number of halogens is 2. The standard InChI is InChI=1S/C15H23BrFNO2/c1-3-19-15(20-4-2)6-5-9-18-11-12-7-8-13(16)10-14(12)17/h7-8,10,15,18H,3-6,9,11H2,1-2H3. The van der Waals surface area contributed by atoms with Crippen LogP contribution in [-0.2, 0) is 16.0 Å². The Labute approximate surface area is 129 Å². The molecular weight excluding hydrogens is 325 g/mol. The van der Waals surface area contributed by atoms with E-state index in [2.05, 4.69) is 21.2 Å². The van der Waals surface area contributed by atoms with E-state index in [0.717, 1.165) is 23.9 Å². The van der Waals surface area contributed by atoms with Crippen LogP contribution in [0, 0.1) is 5.82 Å². The minimum Gasteiger partial charge on any atom is -0.353 e. The van der Waals surface area contributed by atoms with Crippen molar-refractivity contribution in [3.05, 3.63) is 34.1 Å². The third kappa shape index (κ3) is 6.79. The summed E-state index contributed by atoms with van der Waals surface area (Å²) in [4.78, 5) is 0. The molecule has 0 spiro atoms. The quantitative estimate of drug-likeness (QED) is 0.515. The van der Waals surface area contributed by atoms with E-state index in [1.54, 1.807) is 6.07 Å². The van der Waals surface area contributed by atoms with Gasteiger partial charge in [0.2, 0.25) is 0 Å². The van der Waals surface area contributed by atoms with Crippen LogP contribution in [0.4, 0.5) is 4.39 Å². The predicted octanol–water partition coefficient (Wildman–Crippen LogP) is 3.86. The van der Waals surface area contributed by atoms with E-state index in [1.807, 2.05) is 19.9 Å². The molecule has 1 rings (SSSR count). The zero-order valence-electron chi connectivity index (χ0n) is 12.1. The van der Waals surface area contributed by atoms with Crippen LogP contribution < -0.4 is 5.32 Å². The van der Waals surface area contributed by atoms with Crippen molar-refractivity contribution in [1.29, 1.82) is 0 Å². The summed E-state index contributed by atoms with van der Waals surface area (Å²) in [6, 6.07) is 5.12. The van der Waals surface area contributed by atoms with Gasteiger partial charge < -0.3 is 14.8 Å². The van der Waals surface area contributed by atoms with Crippen LogP contribution in [0.3, 0.4) is 0 Å². The molecule has 0 aliphatic rings. The lowest BCUT2D eigenvalue weighted by Gasteiger charge is -2.16. The number of ether oxygens (including phenoxy) is 2. The third-order valence-electron chi connectivity index (χ3n) is 2.83. The molecule has 0 aliphatic carbocycles. The molecular formula is C15H23BrFNO2. The highest BCUT2D eigenvalue weighted by molar-refractivity contribution is 9.10. The fourth-order valence-corrected chi connectivity index (χ4v) is 2.20. The number of rotatable bonds is 10. The summed E-state index contributed by atoms with van der Waals surface area (Å²) in [5, 5.41) is 3.24. The van der Waals surface area contributed by atoms with Crippen LogP contribution >= 0.6 is 15.9 Å². The summed E-state index contributed by atoms with van der Waals surface area (Å²) in [5.41, 5.74) is 0.680. The summed E-state index contributed by atoms with van der Waals surface area (Å²) in [5.74, 6) is -0.187. The lowest BCUT2D eigenvalue weighted by molar-refractivity contribution is -0.139. The molecule has 114 valence electrons. The van der Waals surface area contributed by atoms with Crippen LogP contribution in [0.2, 0.25) is 0 Å². The molecule has 0 aromatic heterocycles. The number of hydrogen-bond acceptors (Lipinski definition) is 3. The van der Waals surface area contributed by atoms with Crippen molar-refractivity contribution < 1.29 is 13.9 Å². The van der Waals surface area contributed by atoms with Crippen molar-refractivity contribution in [1.82, 2.24) is 5.32 Å². The average Bonchev–Trinajstić information content (AvgIpc) is 2.41. The van der Waals surface area contributed by atoms with Crippen LogP contribution in [0.15, 0.2) is 22.7 Å². The Morgan fingerprint density at radius 1 is 1.25 bits per heavy atom. The molecule has 0 fully saturated rings. The van der Waals surface area contributed by atoms with Gasteiger partial charge in [-0.3, -0.25) is 0 Å². The Kier molecular flexibility index (Phi) is 9.02. The van der Waals surface area contributed by atoms with Crippen molar-refractivity contribution in [3.63, 3.8) is 0 Å². The molecule has 1 N–H and O–H groups in total. The van der Waals surface area contributed by atoms with Gasteiger partial charge in [-0.15, -0.1) is 0 Å². The van der Waals surface area contributed by atoms with Crippen molar-refractivity contribution in [2.24, 2.45) is 0 Å². The maximum Gasteiger partial charge on any atom is 0.157 e. The van der Waals surface area contributed by atoms with Crippen LogP contribution in [-0.4, -0.2) is 26.0 Å². The molecule has 0 saturated heterocycles. The normalized spacial score (nSPS) is 11.2. The van der Waals surface area contributed by atoms with E-state index in [0.29, 0.717) is 25.3 Å². The summed E-state index contributed by atoms with van der Waals surface area (Å²) >= 11 is 3.25. The highest BCUT2D eigenvalue weighted by atomic mass is 79.9. The molecule has 0 amide bonds. The lowest BCUT2D eigenvalue weighted by atomic mass is 10.2. The smallest absolute Gasteiger partial charge is 0.157 e. The largest absolute Gasteiger partial charge is 0.353 e. The second kappa shape index (κ2) is 10.3. The van der Waals surface area contributed by atoms with E-state index >= 15 is 0 Å². The molecule has 0 radical (unpaired) electrons. The van der Waals surface area contributed by atoms with Crippen LogP contribution in [0.1, 0.15) is 32.3 Å². The maximum absolute atomic E-state index is 13.6. The van der Waals surface area contributed by atoms with Crippen molar-refractivity contribution in [2.45, 2.75) is 39.5 Å². The first-order valence-corrected chi connectivity index (χ1v) is 7.84. The van der Waals surface area contributed by atoms with Crippen molar-refractivity contribution >= 4 is 15.9 Å². The Morgan fingerprint density at radius 3 is 2.55 bits per heavy atom. The molecule has 0 saturated carbocycles. The van der Waals surface area contributed by atoms with Crippen molar-refractivity contribution in [3.8, 4) is 0 Å². The highest BCUT2D eigenvalue weighted by Gasteiger charge is 2.07. The average molecular weight is 348 g/mol. The summed E-state index contributed by atoms with van der Waals surface area (Å²) in [7, 11) is 0. The van der Waals surface area contributed by atoms with Gasteiger partial charge in [0.05, 0.1) is 0 Å². The first kappa shape index (κ1) is 17.6. The second-order valence-corrected chi connectivity index (χ2v) is 5.31. The SMILES string of the molecule is CCOC(CCCNCc1ccc(Br)cc1F)OCC. The number of nitrogens with one attached hydrogen (secondary N) is 1. The highest BCUT2D eigenvalue weighted by Crippen LogP contribution is 2.15. The van der Waals surface area contributed by atoms with Gasteiger partial charge in [0.1, 0.15) is 5.82 Å². The van der Waals surface area contributed by atoms with E-state index in [4.69, 9.17) is 9.47 Å². The fourth-order valence-electron chi connectivity index (χ4n) is 1.87. The predicted molar refractivity (Wildman–Crippen MR) is 82.1 cm³/mol. The van der Waals surface area contributed by atoms with E-state index in [1.165, 1.54) is 6.07 Å². The molecule has 0 atom stereocenters. The zero-order valence-corrected chi connectivity index (χ0v) is 13.7. The molecule has 5 heteroatoms. The molecule has 1 aromatic rings. The van der Waals surface area contributed by atoms with E-state index < -0.39 is 0 Å². The van der Waals surface area contributed by atoms with Gasteiger partial charge >= 0.3 is 0 Å². The molecule has 3 nitrogen and oxygen atoms in total. The van der Waals surface area contributed by atoms with Crippen LogP contribution in [0.5, 0.6) is 0 Å². The summed E-state index contributed by atoms with van der Waals surface area (Å²) < 4.78 is 25.3. The summed E-state index contributed by atoms with van der Waals surface area (Å²) in [6.45, 7) is 6.57. The molecule has 0 unspecified atom stereocenters. The Bertz CT molecular complexity index is 384. The van der Waals surface area contributed by atoms with E-state index in [9.17, 15) is 4.39 Å². The fraction of sp³-hybridized carbons (Fsp3) is 0.600. The topological polar surface area (TPSA) is 30.5 Å². The lowest BCUT2D eigenvalue weighted by Crippen LogP contribution is -2.21. The molecule has 1 aromatic carbocycles. The minimum absolute atomic E-state index is 0.129. The van der Waals surface area contributed by atoms with Gasteiger partial charge in [-0.05, 0) is 45.4 Å². The first-order valence-electron chi connectivity index (χ1n) is 7.05. The Balaban J connectivity index is 2.20. The van der Waals surface area contributed by atoms with Crippen molar-refractivity contribution in [2.75, 3.05) is 19.8 Å². The summed E-state index contributed by atoms with van der Waals surface area (Å²) in [6.07, 6.45) is 1.65.